The van der Waals surface area contributed by atoms with Crippen LogP contribution in [-0.2, 0) is 9.57 Å². The second kappa shape index (κ2) is 25.5. The fraction of sp³-hybridized carbons (Fsp3) is 0.647. The van der Waals surface area contributed by atoms with Gasteiger partial charge in [0.1, 0.15) is 0 Å². The number of unbranched alkanes of at least 4 members (excludes halogenated alkanes) is 7. The fourth-order valence-corrected chi connectivity index (χ4v) is 2.47. The van der Waals surface area contributed by atoms with Gasteiger partial charge in [-0.3, -0.25) is 4.84 Å². The molecule has 0 amide bonds. The first-order valence-electron chi connectivity index (χ1n) is 12.1. The van der Waals surface area contributed by atoms with E-state index < -0.39 is 11.9 Å². The smallest absolute Gasteiger partial charge is 0.402 e. The number of esters is 1. The zero-order valence-corrected chi connectivity index (χ0v) is 22.5. The minimum atomic E-state index is -1.04. The SMILES string of the molecule is CCCCCCCCCCOC(=O)c1ccc(C(=O)ON=NN=NN=NN=NN=NN=NN=NN=NN=NN=NC)o1. The van der Waals surface area contributed by atoms with Gasteiger partial charge in [0.15, 0.2) is 0 Å². The van der Waals surface area contributed by atoms with E-state index in [0.717, 1.165) is 19.3 Å². The fourth-order valence-electron chi connectivity index (χ4n) is 2.47. The molecule has 0 N–H and O–H groups in total. The molecule has 0 atom stereocenters. The maximum Gasteiger partial charge on any atom is 0.402 e. The van der Waals surface area contributed by atoms with Crippen LogP contribution in [0, 0.1) is 0 Å². The van der Waals surface area contributed by atoms with Gasteiger partial charge in [0.25, 0.3) is 0 Å². The van der Waals surface area contributed by atoms with E-state index in [1.807, 2.05) is 0 Å². The van der Waals surface area contributed by atoms with E-state index in [4.69, 9.17) is 9.15 Å². The van der Waals surface area contributed by atoms with Gasteiger partial charge in [-0.25, -0.2) is 9.59 Å². The van der Waals surface area contributed by atoms with E-state index in [9.17, 15) is 9.59 Å². The number of nitrogens with zero attached hydrogens (tertiary/aromatic N) is 20. The van der Waals surface area contributed by atoms with E-state index >= 15 is 0 Å². The Morgan fingerprint density at radius 3 is 1.45 bits per heavy atom. The van der Waals surface area contributed by atoms with Crippen molar-refractivity contribution in [2.45, 2.75) is 58.3 Å². The monoisotopic (exact) mass is 590 g/mol. The number of hydrogen-bond donors (Lipinski definition) is 0. The van der Waals surface area contributed by atoms with Gasteiger partial charge < -0.3 is 9.15 Å². The van der Waals surface area contributed by atoms with Gasteiger partial charge in [0, 0.05) is 52.2 Å². The third kappa shape index (κ3) is 19.3. The third-order valence-electron chi connectivity index (χ3n) is 4.17. The summed E-state index contributed by atoms with van der Waals surface area (Å²) in [6.45, 7) is 2.44. The molecule has 1 rings (SSSR count). The molecule has 0 fully saturated rings. The molecule has 0 spiro atoms. The van der Waals surface area contributed by atoms with Crippen molar-refractivity contribution in [3.8, 4) is 0 Å². The summed E-state index contributed by atoms with van der Waals surface area (Å²) in [4.78, 5) is 28.3. The highest BCUT2D eigenvalue weighted by Gasteiger charge is 2.18. The normalized spacial score (nSPS) is 13.1. The van der Waals surface area contributed by atoms with Crippen molar-refractivity contribution in [3.63, 3.8) is 0 Å². The lowest BCUT2D eigenvalue weighted by Crippen LogP contribution is -2.05. The maximum absolute atomic E-state index is 12.0. The molecule has 0 saturated carbocycles. The standard InChI is InChI=1S/C17H26N20O5/c1-3-4-5-6-7-8-9-10-13-40-16(38)14-11-12-15(41-14)17(39)42-37-36-35-34-33-32-31-30-29-28-27-26-25-24-23-22-21-20-19-18-2/h11-12H,3-10,13H2,1-2H3. The molecule has 42 heavy (non-hydrogen) atoms. The lowest BCUT2D eigenvalue weighted by Gasteiger charge is -2.03. The minimum absolute atomic E-state index is 0.153. The highest BCUT2D eigenvalue weighted by atomic mass is 16.7. The molecule has 25 heteroatoms. The van der Waals surface area contributed by atoms with Gasteiger partial charge in [-0.1, -0.05) is 51.9 Å². The average molecular weight is 591 g/mol. The Labute approximate surface area is 236 Å². The van der Waals surface area contributed by atoms with Crippen molar-refractivity contribution >= 4 is 11.9 Å². The molecule has 224 valence electrons. The summed E-state index contributed by atoms with van der Waals surface area (Å²) in [5.74, 6) is -2.18. The van der Waals surface area contributed by atoms with Crippen molar-refractivity contribution < 1.29 is 23.6 Å². The van der Waals surface area contributed by atoms with Crippen LogP contribution in [0.1, 0.15) is 79.4 Å². The predicted molar refractivity (Wildman–Crippen MR) is 131 cm³/mol. The van der Waals surface area contributed by atoms with Crippen LogP contribution >= 0.6 is 0 Å². The number of carbonyl (C=O) groups is 2. The van der Waals surface area contributed by atoms with Crippen molar-refractivity contribution in [1.82, 2.24) is 0 Å². The zero-order chi connectivity index (χ0) is 30.4. The van der Waals surface area contributed by atoms with Gasteiger partial charge in [-0.05, 0) is 60.3 Å². The Balaban J connectivity index is 2.21. The maximum atomic E-state index is 12.0. The van der Waals surface area contributed by atoms with Crippen LogP contribution < -0.4 is 0 Å². The molecule has 0 radical (unpaired) electrons. The van der Waals surface area contributed by atoms with Crippen LogP contribution in [0.5, 0.6) is 0 Å². The van der Waals surface area contributed by atoms with Gasteiger partial charge in [-0.2, -0.15) is 5.11 Å². The summed E-state index contributed by atoms with van der Waals surface area (Å²) in [5, 5.41) is 61.0. The van der Waals surface area contributed by atoms with E-state index in [1.54, 1.807) is 0 Å². The summed E-state index contributed by atoms with van der Waals surface area (Å²) in [6.07, 6.45) is 8.94. The molecule has 1 heterocycles. The van der Waals surface area contributed by atoms with Crippen LogP contribution in [-0.4, -0.2) is 25.6 Å². The summed E-state index contributed by atoms with van der Waals surface area (Å²) in [7, 11) is 1.39. The Bertz CT molecular complexity index is 1200. The van der Waals surface area contributed by atoms with Crippen LogP contribution in [0.15, 0.2) is 121 Å². The zero-order valence-electron chi connectivity index (χ0n) is 22.5. The van der Waals surface area contributed by atoms with Gasteiger partial charge in [0.05, 0.1) is 18.9 Å². The second-order valence-corrected chi connectivity index (χ2v) is 7.05. The molecule has 0 bridgehead atoms. The van der Waals surface area contributed by atoms with Gasteiger partial charge in [0.2, 0.25) is 11.5 Å². The minimum Gasteiger partial charge on any atom is -0.460 e. The Hall–Kier alpha value is -5.78. The van der Waals surface area contributed by atoms with E-state index in [-0.39, 0.29) is 18.1 Å². The molecule has 0 unspecified atom stereocenters. The second-order valence-electron chi connectivity index (χ2n) is 7.05. The summed E-state index contributed by atoms with van der Waals surface area (Å²) in [6, 6.07) is 2.50. The van der Waals surface area contributed by atoms with Crippen LogP contribution in [0.2, 0.25) is 0 Å². The first-order chi connectivity index (χ1) is 20.7. The van der Waals surface area contributed by atoms with Gasteiger partial charge >= 0.3 is 11.9 Å². The van der Waals surface area contributed by atoms with E-state index in [0.29, 0.717) is 0 Å². The van der Waals surface area contributed by atoms with Crippen LogP contribution in [0.25, 0.3) is 0 Å². The molecule has 0 saturated heterocycles. The summed E-state index contributed by atoms with van der Waals surface area (Å²) >= 11 is 0. The first-order valence-corrected chi connectivity index (χ1v) is 12.1. The predicted octanol–water partition coefficient (Wildman–Crippen LogP) is 8.04. The third-order valence-corrected chi connectivity index (χ3v) is 4.17. The lowest BCUT2D eigenvalue weighted by molar-refractivity contribution is 0.0413. The molecule has 0 aliphatic heterocycles. The average Bonchev–Trinajstić information content (AvgIpc) is 3.50. The van der Waals surface area contributed by atoms with E-state index in [1.165, 1.54) is 51.3 Å². The topological polar surface area (TPSA) is 313 Å². The molecular weight excluding hydrogens is 564 g/mol. The Morgan fingerprint density at radius 1 is 0.571 bits per heavy atom. The van der Waals surface area contributed by atoms with Crippen molar-refractivity contribution in [1.29, 1.82) is 0 Å². The molecule has 0 aliphatic rings. The van der Waals surface area contributed by atoms with E-state index in [2.05, 4.69) is 116 Å². The number of furan rings is 1. The molecule has 25 nitrogen and oxygen atoms in total. The molecular formula is C17H26N20O5. The van der Waals surface area contributed by atoms with Crippen LogP contribution in [0.3, 0.4) is 0 Å². The summed E-state index contributed by atoms with van der Waals surface area (Å²) < 4.78 is 10.3. The number of hydrogen-bond acceptors (Lipinski definition) is 7. The van der Waals surface area contributed by atoms with Crippen molar-refractivity contribution in [2.24, 2.45) is 104 Å². The van der Waals surface area contributed by atoms with Gasteiger partial charge in [-0.15, -0.1) is 0 Å². The lowest BCUT2D eigenvalue weighted by atomic mass is 10.1. The molecule has 1 aromatic heterocycles. The molecule has 1 aromatic rings. The number of ether oxygens (including phenoxy) is 1. The molecule has 0 aliphatic carbocycles. The highest BCUT2D eigenvalue weighted by molar-refractivity contribution is 5.90. The van der Waals surface area contributed by atoms with Crippen molar-refractivity contribution in [3.05, 3.63) is 23.7 Å². The molecule has 0 aromatic carbocycles. The highest BCUT2D eigenvalue weighted by Crippen LogP contribution is 2.12. The number of rotatable bonds is 21. The Morgan fingerprint density at radius 2 is 0.976 bits per heavy atom. The summed E-state index contributed by atoms with van der Waals surface area (Å²) in [5.41, 5.74) is 0. The number of carbonyl (C=O) groups excluding carboxylic acids is 2. The quantitative estimate of drug-likeness (QED) is 0.0591. The van der Waals surface area contributed by atoms with Crippen molar-refractivity contribution in [2.75, 3.05) is 13.7 Å². The first kappa shape index (κ1) is 34.2. The largest absolute Gasteiger partial charge is 0.460 e. The Kier molecular flexibility index (Phi) is 20.8. The van der Waals surface area contributed by atoms with Crippen LogP contribution in [0.4, 0.5) is 0 Å².